The van der Waals surface area contributed by atoms with Gasteiger partial charge < -0.3 is 0 Å². The minimum absolute atomic E-state index is 0.0954. The van der Waals surface area contributed by atoms with Gasteiger partial charge in [0.1, 0.15) is 0 Å². The van der Waals surface area contributed by atoms with Gasteiger partial charge in [0.05, 0.1) is 0 Å². The molecule has 0 N–H and O–H groups in total. The summed E-state index contributed by atoms with van der Waals surface area (Å²) in [5.74, 6) is 0. The van der Waals surface area contributed by atoms with Gasteiger partial charge in [-0.05, 0) is 0 Å². The van der Waals surface area contributed by atoms with E-state index in [9.17, 15) is 0 Å². The van der Waals surface area contributed by atoms with E-state index in [0.29, 0.717) is 0 Å². The Morgan fingerprint density at radius 2 is 1.22 bits per heavy atom. The molecular formula is C8H14Sb. The molecule has 0 saturated carbocycles. The molecule has 0 saturated heterocycles. The Kier molecular flexibility index (Phi) is 5.28. The third-order valence-corrected chi connectivity index (χ3v) is 4.46. The van der Waals surface area contributed by atoms with Gasteiger partial charge in [-0.15, -0.1) is 0 Å². The van der Waals surface area contributed by atoms with Gasteiger partial charge in [0.15, 0.2) is 0 Å². The monoisotopic (exact) mass is 231 g/mol. The van der Waals surface area contributed by atoms with E-state index in [1.165, 1.54) is 11.1 Å². The van der Waals surface area contributed by atoms with Gasteiger partial charge in [-0.2, -0.15) is 0 Å². The first kappa shape index (κ1) is 9.30. The van der Waals surface area contributed by atoms with Crippen molar-refractivity contribution in [3.8, 4) is 0 Å². The summed E-state index contributed by atoms with van der Waals surface area (Å²) in [6, 6.07) is 0. The number of allylic oxidation sites excluding steroid dienone is 2. The van der Waals surface area contributed by atoms with Crippen LogP contribution in [0.25, 0.3) is 0 Å². The molecule has 0 aliphatic rings. The normalized spacial score (nSPS) is 8.44. The van der Waals surface area contributed by atoms with Crippen molar-refractivity contribution in [1.29, 1.82) is 0 Å². The van der Waals surface area contributed by atoms with Gasteiger partial charge in [0.25, 0.3) is 0 Å². The first-order valence-corrected chi connectivity index (χ1v) is 6.04. The van der Waals surface area contributed by atoms with E-state index >= 15 is 0 Å². The first-order valence-electron chi connectivity index (χ1n) is 3.09. The molecule has 0 rings (SSSR count). The summed E-state index contributed by atoms with van der Waals surface area (Å²) in [4.78, 5) is 0. The molecule has 0 aromatic rings. The Morgan fingerprint density at radius 3 is 1.44 bits per heavy atom. The fourth-order valence-electron chi connectivity index (χ4n) is 0.335. The summed E-state index contributed by atoms with van der Waals surface area (Å²) in [6.07, 6.45) is 0. The van der Waals surface area contributed by atoms with E-state index in [0.717, 1.165) is 0 Å². The maximum absolute atomic E-state index is 2.38. The zero-order valence-electron chi connectivity index (χ0n) is 6.60. The SMILES string of the molecule is CC(C)=[CH][Sb][CH]=C(C)C. The second kappa shape index (κ2) is 5.11. The molecule has 0 unspecified atom stereocenters. The van der Waals surface area contributed by atoms with Crippen molar-refractivity contribution in [2.24, 2.45) is 0 Å². The zero-order valence-corrected chi connectivity index (χ0v) is 9.15. The van der Waals surface area contributed by atoms with E-state index in [1.54, 1.807) is 0 Å². The fourth-order valence-corrected chi connectivity index (χ4v) is 2.25. The second-order valence-electron chi connectivity index (χ2n) is 2.56. The molecule has 0 heterocycles. The second-order valence-corrected chi connectivity index (χ2v) is 4.89. The van der Waals surface area contributed by atoms with Gasteiger partial charge in [0, 0.05) is 0 Å². The Labute approximate surface area is 68.6 Å². The Bertz CT molecular complexity index is 108. The topological polar surface area (TPSA) is 0 Å². The summed E-state index contributed by atoms with van der Waals surface area (Å²) in [7, 11) is 0. The molecule has 0 atom stereocenters. The standard InChI is InChI=1S/2C4H7.Sb/c2*1-4(2)3;/h2*1H,2-3H3;. The van der Waals surface area contributed by atoms with Crippen molar-refractivity contribution < 1.29 is 0 Å². The molecule has 0 amide bonds. The van der Waals surface area contributed by atoms with Crippen LogP contribution < -0.4 is 0 Å². The Balaban J connectivity index is 3.53. The van der Waals surface area contributed by atoms with Crippen LogP contribution in [0.2, 0.25) is 0 Å². The van der Waals surface area contributed by atoms with Gasteiger partial charge in [-0.25, -0.2) is 0 Å². The molecule has 9 heavy (non-hydrogen) atoms. The molecule has 0 aliphatic carbocycles. The average molecular weight is 232 g/mol. The minimum atomic E-state index is -0.0954. The molecule has 0 spiro atoms. The van der Waals surface area contributed by atoms with Crippen LogP contribution >= 0.6 is 0 Å². The molecule has 0 fully saturated rings. The van der Waals surface area contributed by atoms with E-state index in [-0.39, 0.29) is 21.6 Å². The summed E-state index contributed by atoms with van der Waals surface area (Å²) < 4.78 is 4.76. The van der Waals surface area contributed by atoms with E-state index < -0.39 is 0 Å². The summed E-state index contributed by atoms with van der Waals surface area (Å²) in [5.41, 5.74) is 2.92. The molecule has 1 radical (unpaired) electrons. The molecule has 0 aliphatic heterocycles. The van der Waals surface area contributed by atoms with Crippen LogP contribution in [0.1, 0.15) is 27.7 Å². The van der Waals surface area contributed by atoms with Crippen molar-refractivity contribution in [1.82, 2.24) is 0 Å². The predicted octanol–water partition coefficient (Wildman–Crippen LogP) is 2.54. The van der Waals surface area contributed by atoms with E-state index in [1.807, 2.05) is 0 Å². The van der Waals surface area contributed by atoms with Crippen LogP contribution in [0.15, 0.2) is 19.2 Å². The van der Waals surface area contributed by atoms with Crippen molar-refractivity contribution >= 4 is 21.6 Å². The van der Waals surface area contributed by atoms with Gasteiger partial charge in [-0.3, -0.25) is 0 Å². The third-order valence-electron chi connectivity index (χ3n) is 0.665. The van der Waals surface area contributed by atoms with Crippen molar-refractivity contribution in [3.05, 3.63) is 19.2 Å². The van der Waals surface area contributed by atoms with Crippen LogP contribution in [0.4, 0.5) is 0 Å². The molecule has 0 bridgehead atoms. The quantitative estimate of drug-likeness (QED) is 0.641. The third kappa shape index (κ3) is 8.30. The maximum atomic E-state index is 2.38. The van der Waals surface area contributed by atoms with Gasteiger partial charge in [0.2, 0.25) is 0 Å². The van der Waals surface area contributed by atoms with Gasteiger partial charge in [-0.1, -0.05) is 0 Å². The Hall–Kier alpha value is 0.298. The van der Waals surface area contributed by atoms with E-state index in [4.69, 9.17) is 0 Å². The molecule has 1 heteroatoms. The van der Waals surface area contributed by atoms with Crippen LogP contribution in [-0.2, 0) is 0 Å². The van der Waals surface area contributed by atoms with Crippen molar-refractivity contribution in [3.63, 3.8) is 0 Å². The molecular weight excluding hydrogens is 218 g/mol. The summed E-state index contributed by atoms with van der Waals surface area (Å²) >= 11 is -0.0954. The van der Waals surface area contributed by atoms with Crippen LogP contribution in [0.3, 0.4) is 0 Å². The summed E-state index contributed by atoms with van der Waals surface area (Å²) in [6.45, 7) is 8.65. The first-order chi connectivity index (χ1) is 4.13. The van der Waals surface area contributed by atoms with E-state index in [2.05, 4.69) is 35.7 Å². The van der Waals surface area contributed by atoms with Crippen LogP contribution in [0, 0.1) is 0 Å². The summed E-state index contributed by atoms with van der Waals surface area (Å²) in [5, 5.41) is 0. The molecule has 51 valence electrons. The predicted molar refractivity (Wildman–Crippen MR) is 44.6 cm³/mol. The average Bonchev–Trinajstić information content (AvgIpc) is 1.63. The van der Waals surface area contributed by atoms with Crippen molar-refractivity contribution in [2.75, 3.05) is 0 Å². The number of hydrogen-bond acceptors (Lipinski definition) is 0. The molecule has 0 nitrogen and oxygen atoms in total. The zero-order chi connectivity index (χ0) is 7.28. The fraction of sp³-hybridized carbons (Fsp3) is 0.500. The Morgan fingerprint density at radius 1 is 0.889 bits per heavy atom. The van der Waals surface area contributed by atoms with Crippen LogP contribution in [0.5, 0.6) is 0 Å². The van der Waals surface area contributed by atoms with Crippen LogP contribution in [-0.4, -0.2) is 21.6 Å². The van der Waals surface area contributed by atoms with Crippen molar-refractivity contribution in [2.45, 2.75) is 27.7 Å². The molecule has 0 aromatic carbocycles. The molecule has 0 aromatic heterocycles. The number of rotatable bonds is 2. The van der Waals surface area contributed by atoms with Gasteiger partial charge >= 0.3 is 68.5 Å². The number of hydrogen-bond donors (Lipinski definition) is 0.